The summed E-state index contributed by atoms with van der Waals surface area (Å²) in [6.45, 7) is 2.06. The number of anilines is 1. The lowest BCUT2D eigenvalue weighted by atomic mass is 10.2. The van der Waals surface area contributed by atoms with Gasteiger partial charge in [0.05, 0.1) is 0 Å². The van der Waals surface area contributed by atoms with Crippen LogP contribution in [0, 0.1) is 0 Å². The van der Waals surface area contributed by atoms with Gasteiger partial charge in [-0.2, -0.15) is 0 Å². The average molecular weight is 271 g/mol. The lowest BCUT2D eigenvalue weighted by Gasteiger charge is -2.20. The normalized spacial score (nSPS) is 10.7. The Morgan fingerprint density at radius 3 is 2.67 bits per heavy atom. The standard InChI is InChI=1S/C14H23ClN2O/c1-16-11-12-6-7-13(10-14(12)15)17(2)8-4-3-5-9-18/h6-7,10,16,18H,3-5,8-9,11H2,1-2H3. The van der Waals surface area contributed by atoms with Gasteiger partial charge < -0.3 is 15.3 Å². The Hall–Kier alpha value is -0.770. The monoisotopic (exact) mass is 270 g/mol. The van der Waals surface area contributed by atoms with Gasteiger partial charge in [0.25, 0.3) is 0 Å². The lowest BCUT2D eigenvalue weighted by Crippen LogP contribution is -2.18. The van der Waals surface area contributed by atoms with Gasteiger partial charge in [0.1, 0.15) is 0 Å². The van der Waals surface area contributed by atoms with Crippen LogP contribution in [0.15, 0.2) is 18.2 Å². The largest absolute Gasteiger partial charge is 0.396 e. The van der Waals surface area contributed by atoms with Crippen molar-refractivity contribution >= 4 is 17.3 Å². The zero-order valence-corrected chi connectivity index (χ0v) is 12.0. The Morgan fingerprint density at radius 2 is 2.06 bits per heavy atom. The van der Waals surface area contributed by atoms with E-state index in [9.17, 15) is 0 Å². The van der Waals surface area contributed by atoms with Crippen molar-refractivity contribution in [1.29, 1.82) is 0 Å². The van der Waals surface area contributed by atoms with Crippen LogP contribution in [-0.2, 0) is 6.54 Å². The smallest absolute Gasteiger partial charge is 0.0471 e. The van der Waals surface area contributed by atoms with Gasteiger partial charge in [0.2, 0.25) is 0 Å². The van der Waals surface area contributed by atoms with E-state index in [0.717, 1.165) is 48.6 Å². The van der Waals surface area contributed by atoms with E-state index < -0.39 is 0 Å². The Labute approximate surface area is 115 Å². The van der Waals surface area contributed by atoms with E-state index in [0.29, 0.717) is 0 Å². The fraction of sp³-hybridized carbons (Fsp3) is 0.571. The number of nitrogens with one attached hydrogen (secondary N) is 1. The zero-order chi connectivity index (χ0) is 13.4. The second-order valence-electron chi connectivity index (χ2n) is 4.51. The SMILES string of the molecule is CNCc1ccc(N(C)CCCCCO)cc1Cl. The van der Waals surface area contributed by atoms with Crippen LogP contribution >= 0.6 is 11.6 Å². The van der Waals surface area contributed by atoms with E-state index in [4.69, 9.17) is 16.7 Å². The van der Waals surface area contributed by atoms with Gasteiger partial charge in [-0.15, -0.1) is 0 Å². The van der Waals surface area contributed by atoms with Crippen molar-refractivity contribution in [1.82, 2.24) is 5.32 Å². The van der Waals surface area contributed by atoms with Crippen molar-refractivity contribution in [2.45, 2.75) is 25.8 Å². The molecule has 3 nitrogen and oxygen atoms in total. The quantitative estimate of drug-likeness (QED) is 0.713. The topological polar surface area (TPSA) is 35.5 Å². The first-order valence-electron chi connectivity index (χ1n) is 6.44. The second kappa shape index (κ2) is 8.35. The van der Waals surface area contributed by atoms with Crippen molar-refractivity contribution in [2.75, 3.05) is 32.1 Å². The summed E-state index contributed by atoms with van der Waals surface area (Å²) in [6, 6.07) is 6.18. The molecule has 0 aliphatic carbocycles. The minimum Gasteiger partial charge on any atom is -0.396 e. The molecule has 0 aromatic heterocycles. The molecule has 0 fully saturated rings. The van der Waals surface area contributed by atoms with Crippen molar-refractivity contribution < 1.29 is 5.11 Å². The van der Waals surface area contributed by atoms with Crippen molar-refractivity contribution in [2.24, 2.45) is 0 Å². The molecule has 1 aromatic rings. The highest BCUT2D eigenvalue weighted by molar-refractivity contribution is 6.31. The molecule has 0 spiro atoms. The molecule has 0 heterocycles. The number of nitrogens with zero attached hydrogens (tertiary/aromatic N) is 1. The predicted molar refractivity (Wildman–Crippen MR) is 78.4 cm³/mol. The predicted octanol–water partition coefficient (Wildman–Crippen LogP) is 2.66. The molecule has 0 aliphatic heterocycles. The number of benzene rings is 1. The molecule has 0 amide bonds. The number of aliphatic hydroxyl groups is 1. The van der Waals surface area contributed by atoms with Crippen LogP contribution in [0.2, 0.25) is 5.02 Å². The van der Waals surface area contributed by atoms with Crippen molar-refractivity contribution in [3.63, 3.8) is 0 Å². The van der Waals surface area contributed by atoms with E-state index in [1.807, 2.05) is 13.1 Å². The summed E-state index contributed by atoms with van der Waals surface area (Å²) in [6.07, 6.45) is 3.04. The molecular formula is C14H23ClN2O. The van der Waals surface area contributed by atoms with E-state index in [1.54, 1.807) is 0 Å². The third-order valence-corrected chi connectivity index (χ3v) is 3.35. The van der Waals surface area contributed by atoms with Crippen molar-refractivity contribution in [3.8, 4) is 0 Å². The number of unbranched alkanes of at least 4 members (excludes halogenated alkanes) is 2. The summed E-state index contributed by atoms with van der Waals surface area (Å²) >= 11 is 6.24. The van der Waals surface area contributed by atoms with Gasteiger partial charge in [-0.05, 0) is 44.0 Å². The molecule has 4 heteroatoms. The summed E-state index contributed by atoms with van der Waals surface area (Å²) in [4.78, 5) is 2.20. The molecular weight excluding hydrogens is 248 g/mol. The van der Waals surface area contributed by atoms with Crippen LogP contribution in [-0.4, -0.2) is 32.4 Å². The van der Waals surface area contributed by atoms with E-state index in [1.165, 1.54) is 0 Å². The molecule has 0 radical (unpaired) electrons. The van der Waals surface area contributed by atoms with Crippen LogP contribution < -0.4 is 10.2 Å². The summed E-state index contributed by atoms with van der Waals surface area (Å²) in [5, 5.41) is 12.6. The Balaban J connectivity index is 2.52. The maximum absolute atomic E-state index is 8.73. The van der Waals surface area contributed by atoms with E-state index in [2.05, 4.69) is 29.4 Å². The van der Waals surface area contributed by atoms with Crippen LogP contribution in [0.3, 0.4) is 0 Å². The molecule has 0 saturated carbocycles. The summed E-state index contributed by atoms with van der Waals surface area (Å²) < 4.78 is 0. The average Bonchev–Trinajstić information content (AvgIpc) is 2.37. The fourth-order valence-electron chi connectivity index (χ4n) is 1.87. The number of hydrogen-bond acceptors (Lipinski definition) is 3. The highest BCUT2D eigenvalue weighted by atomic mass is 35.5. The minimum atomic E-state index is 0.286. The molecule has 0 bridgehead atoms. The van der Waals surface area contributed by atoms with Crippen LogP contribution in [0.5, 0.6) is 0 Å². The summed E-state index contributed by atoms with van der Waals surface area (Å²) in [7, 11) is 3.99. The van der Waals surface area contributed by atoms with Gasteiger partial charge in [-0.1, -0.05) is 17.7 Å². The third kappa shape index (κ3) is 4.84. The van der Waals surface area contributed by atoms with Gasteiger partial charge in [0.15, 0.2) is 0 Å². The highest BCUT2D eigenvalue weighted by Gasteiger charge is 2.05. The maximum Gasteiger partial charge on any atom is 0.0471 e. The molecule has 102 valence electrons. The van der Waals surface area contributed by atoms with Gasteiger partial charge >= 0.3 is 0 Å². The Morgan fingerprint density at radius 1 is 1.28 bits per heavy atom. The highest BCUT2D eigenvalue weighted by Crippen LogP contribution is 2.23. The molecule has 0 unspecified atom stereocenters. The van der Waals surface area contributed by atoms with Gasteiger partial charge in [0, 0.05) is 37.5 Å². The van der Waals surface area contributed by atoms with Crippen LogP contribution in [0.1, 0.15) is 24.8 Å². The molecule has 1 aromatic carbocycles. The fourth-order valence-corrected chi connectivity index (χ4v) is 2.12. The molecule has 2 N–H and O–H groups in total. The molecule has 18 heavy (non-hydrogen) atoms. The third-order valence-electron chi connectivity index (χ3n) is 3.00. The minimum absolute atomic E-state index is 0.286. The number of hydrogen-bond donors (Lipinski definition) is 2. The molecule has 0 saturated heterocycles. The Bertz CT molecular complexity index is 358. The molecule has 0 atom stereocenters. The molecule has 1 rings (SSSR count). The number of rotatable bonds is 8. The lowest BCUT2D eigenvalue weighted by molar-refractivity contribution is 0.283. The zero-order valence-electron chi connectivity index (χ0n) is 11.2. The first-order chi connectivity index (χ1) is 8.69. The van der Waals surface area contributed by atoms with Crippen LogP contribution in [0.4, 0.5) is 5.69 Å². The maximum atomic E-state index is 8.73. The summed E-state index contributed by atoms with van der Waals surface area (Å²) in [5.41, 5.74) is 2.26. The number of aliphatic hydroxyl groups excluding tert-OH is 1. The van der Waals surface area contributed by atoms with Gasteiger partial charge in [-0.25, -0.2) is 0 Å². The first-order valence-corrected chi connectivity index (χ1v) is 6.82. The van der Waals surface area contributed by atoms with E-state index >= 15 is 0 Å². The first kappa shape index (κ1) is 15.3. The van der Waals surface area contributed by atoms with Gasteiger partial charge in [-0.3, -0.25) is 0 Å². The Kier molecular flexibility index (Phi) is 7.09. The molecule has 0 aliphatic rings. The number of halogens is 1. The van der Waals surface area contributed by atoms with Crippen LogP contribution in [0.25, 0.3) is 0 Å². The van der Waals surface area contributed by atoms with E-state index in [-0.39, 0.29) is 6.61 Å². The van der Waals surface area contributed by atoms with Crippen molar-refractivity contribution in [3.05, 3.63) is 28.8 Å². The second-order valence-corrected chi connectivity index (χ2v) is 4.92. The summed E-state index contributed by atoms with van der Waals surface area (Å²) in [5.74, 6) is 0.